The molecule has 1 N–H and O–H groups in total. The summed E-state index contributed by atoms with van der Waals surface area (Å²) < 4.78 is 0. The van der Waals surface area contributed by atoms with Crippen molar-refractivity contribution < 1.29 is 4.79 Å². The predicted molar refractivity (Wildman–Crippen MR) is 130 cm³/mol. The van der Waals surface area contributed by atoms with Crippen LogP contribution >= 0.6 is 23.1 Å². The van der Waals surface area contributed by atoms with E-state index in [1.165, 1.54) is 23.1 Å². The Balaban J connectivity index is 1.41. The Morgan fingerprint density at radius 2 is 2.00 bits per heavy atom. The van der Waals surface area contributed by atoms with Crippen LogP contribution in [0.4, 0.5) is 0 Å². The first kappa shape index (κ1) is 22.0. The van der Waals surface area contributed by atoms with Gasteiger partial charge in [-0.3, -0.25) is 9.59 Å². The number of amides is 1. The number of hydrogen-bond donors (Lipinski definition) is 1. The first-order valence-corrected chi connectivity index (χ1v) is 12.5. The van der Waals surface area contributed by atoms with Gasteiger partial charge in [-0.25, -0.2) is 4.98 Å². The molecule has 1 unspecified atom stereocenters. The predicted octanol–water partition coefficient (Wildman–Crippen LogP) is 3.83. The Morgan fingerprint density at radius 1 is 1.29 bits per heavy atom. The van der Waals surface area contributed by atoms with Crippen LogP contribution in [0.1, 0.15) is 25.6 Å². The van der Waals surface area contributed by atoms with Gasteiger partial charge in [0.25, 0.3) is 5.56 Å². The number of thioether (sulfide) groups is 1. The van der Waals surface area contributed by atoms with E-state index in [0.29, 0.717) is 23.0 Å². The van der Waals surface area contributed by atoms with Crippen molar-refractivity contribution in [3.05, 3.63) is 51.9 Å². The number of nitrogens with one attached hydrogen (secondary N) is 1. The highest BCUT2D eigenvalue weighted by atomic mass is 32.2. The lowest BCUT2D eigenvalue weighted by Gasteiger charge is -2.36. The summed E-state index contributed by atoms with van der Waals surface area (Å²) in [5.41, 5.74) is 1.81. The summed E-state index contributed by atoms with van der Waals surface area (Å²) in [6.07, 6.45) is 2.04. The maximum Gasteiger partial charge on any atom is 0.260 e. The molecule has 1 aromatic carbocycles. The number of rotatable bonds is 6. The molecule has 3 heterocycles. The average molecular weight is 457 g/mol. The normalized spacial score (nSPS) is 16.2. The Hall–Kier alpha value is -2.16. The lowest BCUT2D eigenvalue weighted by atomic mass is 10.0. The number of likely N-dealkylation sites (tertiary alicyclic amines) is 1. The van der Waals surface area contributed by atoms with Gasteiger partial charge in [-0.05, 0) is 39.4 Å². The standard InChI is InChI=1S/C23H28N4O2S2/c1-15(23(29)27-11-9-17(10-12-27)26(2)3)30-14-19-24-21(28)20-18(13-31-22(20)25-19)16-7-5-4-6-8-16/h4-8,13,15,17H,9-12,14H2,1-3H3,(H,24,25,28). The molecule has 1 atom stereocenters. The third kappa shape index (κ3) is 4.86. The molecule has 0 spiro atoms. The number of piperidine rings is 1. The summed E-state index contributed by atoms with van der Waals surface area (Å²) in [7, 11) is 4.20. The van der Waals surface area contributed by atoms with E-state index in [2.05, 4.69) is 29.0 Å². The largest absolute Gasteiger partial charge is 0.342 e. The van der Waals surface area contributed by atoms with E-state index >= 15 is 0 Å². The molecule has 6 nitrogen and oxygen atoms in total. The Morgan fingerprint density at radius 3 is 2.68 bits per heavy atom. The van der Waals surface area contributed by atoms with Crippen molar-refractivity contribution in [2.75, 3.05) is 27.2 Å². The number of thiophene rings is 1. The van der Waals surface area contributed by atoms with Crippen LogP contribution in [0, 0.1) is 0 Å². The summed E-state index contributed by atoms with van der Waals surface area (Å²) in [6.45, 7) is 3.57. The minimum atomic E-state index is -0.167. The van der Waals surface area contributed by atoms with Crippen LogP contribution in [0.15, 0.2) is 40.5 Å². The Bertz CT molecular complexity index is 1100. The summed E-state index contributed by atoms with van der Waals surface area (Å²) in [6, 6.07) is 10.4. The highest BCUT2D eigenvalue weighted by molar-refractivity contribution is 7.99. The minimum Gasteiger partial charge on any atom is -0.342 e. The van der Waals surface area contributed by atoms with Crippen molar-refractivity contribution in [3.63, 3.8) is 0 Å². The van der Waals surface area contributed by atoms with E-state index in [1.54, 1.807) is 0 Å². The van der Waals surface area contributed by atoms with Gasteiger partial charge in [0.1, 0.15) is 10.7 Å². The second kappa shape index (κ2) is 9.54. The molecule has 31 heavy (non-hydrogen) atoms. The van der Waals surface area contributed by atoms with Gasteiger partial charge in [-0.15, -0.1) is 23.1 Å². The summed E-state index contributed by atoms with van der Waals surface area (Å²) in [5.74, 6) is 1.30. The number of carbonyl (C=O) groups is 1. The molecular formula is C23H28N4O2S2. The first-order valence-electron chi connectivity index (χ1n) is 10.6. The van der Waals surface area contributed by atoms with Crippen LogP contribution in [0.5, 0.6) is 0 Å². The number of H-pyrrole nitrogens is 1. The maximum atomic E-state index is 12.8. The third-order valence-corrected chi connectivity index (χ3v) is 7.92. The summed E-state index contributed by atoms with van der Waals surface area (Å²) >= 11 is 3.01. The zero-order chi connectivity index (χ0) is 22.0. The SMILES string of the molecule is CC(SCc1nc2scc(-c3ccccc3)c2c(=O)[nH]1)C(=O)N1CCC(N(C)C)CC1. The third-order valence-electron chi connectivity index (χ3n) is 5.90. The molecule has 0 bridgehead atoms. The Labute approximate surface area is 190 Å². The van der Waals surface area contributed by atoms with Gasteiger partial charge in [-0.1, -0.05) is 30.3 Å². The quantitative estimate of drug-likeness (QED) is 0.611. The number of aromatic nitrogens is 2. The molecule has 0 radical (unpaired) electrons. The molecule has 0 saturated carbocycles. The second-order valence-electron chi connectivity index (χ2n) is 8.18. The van der Waals surface area contributed by atoms with Gasteiger partial charge in [0.05, 0.1) is 16.4 Å². The van der Waals surface area contributed by atoms with Crippen LogP contribution in [0.3, 0.4) is 0 Å². The van der Waals surface area contributed by atoms with Crippen molar-refractivity contribution in [3.8, 4) is 11.1 Å². The van der Waals surface area contributed by atoms with E-state index in [-0.39, 0.29) is 16.7 Å². The van der Waals surface area contributed by atoms with Crippen molar-refractivity contribution in [1.29, 1.82) is 0 Å². The fraction of sp³-hybridized carbons (Fsp3) is 0.435. The van der Waals surface area contributed by atoms with E-state index in [1.807, 2.05) is 47.5 Å². The lowest BCUT2D eigenvalue weighted by molar-refractivity contribution is -0.131. The molecule has 3 aromatic rings. The van der Waals surface area contributed by atoms with Crippen molar-refractivity contribution in [2.24, 2.45) is 0 Å². The maximum absolute atomic E-state index is 12.8. The zero-order valence-electron chi connectivity index (χ0n) is 18.1. The van der Waals surface area contributed by atoms with Gasteiger partial charge < -0.3 is 14.8 Å². The molecule has 1 fully saturated rings. The molecule has 1 saturated heterocycles. The van der Waals surface area contributed by atoms with E-state index in [0.717, 1.165) is 41.9 Å². The topological polar surface area (TPSA) is 69.3 Å². The van der Waals surface area contributed by atoms with Crippen LogP contribution < -0.4 is 5.56 Å². The first-order chi connectivity index (χ1) is 14.9. The fourth-order valence-corrected chi connectivity index (χ4v) is 5.83. The van der Waals surface area contributed by atoms with Gasteiger partial charge in [0.15, 0.2) is 0 Å². The number of benzene rings is 1. The average Bonchev–Trinajstić information content (AvgIpc) is 3.22. The summed E-state index contributed by atoms with van der Waals surface area (Å²) in [4.78, 5) is 38.2. The van der Waals surface area contributed by atoms with Crippen molar-refractivity contribution in [1.82, 2.24) is 19.8 Å². The van der Waals surface area contributed by atoms with Crippen molar-refractivity contribution >= 4 is 39.2 Å². The second-order valence-corrected chi connectivity index (χ2v) is 10.4. The van der Waals surface area contributed by atoms with Crippen LogP contribution in [0.25, 0.3) is 21.3 Å². The highest BCUT2D eigenvalue weighted by Crippen LogP contribution is 2.31. The molecule has 1 amide bonds. The number of hydrogen-bond acceptors (Lipinski definition) is 6. The molecule has 164 valence electrons. The summed E-state index contributed by atoms with van der Waals surface area (Å²) in [5, 5.41) is 2.46. The molecule has 1 aliphatic heterocycles. The number of carbonyl (C=O) groups excluding carboxylic acids is 1. The number of fused-ring (bicyclic) bond motifs is 1. The monoisotopic (exact) mass is 456 g/mol. The number of nitrogens with zero attached hydrogens (tertiary/aromatic N) is 3. The molecule has 4 rings (SSSR count). The number of aromatic amines is 1. The lowest BCUT2D eigenvalue weighted by Crippen LogP contribution is -2.46. The Kier molecular flexibility index (Phi) is 6.79. The highest BCUT2D eigenvalue weighted by Gasteiger charge is 2.27. The minimum absolute atomic E-state index is 0.120. The zero-order valence-corrected chi connectivity index (χ0v) is 19.8. The molecular weight excluding hydrogens is 428 g/mol. The van der Waals surface area contributed by atoms with Crippen molar-refractivity contribution in [2.45, 2.75) is 36.8 Å². The molecule has 8 heteroatoms. The van der Waals surface area contributed by atoms with Gasteiger partial charge in [0.2, 0.25) is 5.91 Å². The van der Waals surface area contributed by atoms with Gasteiger partial charge >= 0.3 is 0 Å². The van der Waals surface area contributed by atoms with E-state index in [9.17, 15) is 9.59 Å². The van der Waals surface area contributed by atoms with E-state index < -0.39 is 0 Å². The molecule has 1 aliphatic rings. The molecule has 0 aliphatic carbocycles. The fourth-order valence-electron chi connectivity index (χ4n) is 4.03. The van der Waals surface area contributed by atoms with Crippen LogP contribution in [0.2, 0.25) is 0 Å². The smallest absolute Gasteiger partial charge is 0.260 e. The van der Waals surface area contributed by atoms with Gasteiger partial charge in [-0.2, -0.15) is 0 Å². The molecule has 2 aromatic heterocycles. The van der Waals surface area contributed by atoms with Gasteiger partial charge in [0, 0.05) is 30.1 Å². The van der Waals surface area contributed by atoms with Crippen LogP contribution in [-0.2, 0) is 10.5 Å². The van der Waals surface area contributed by atoms with Crippen LogP contribution in [-0.4, -0.2) is 64.2 Å². The van der Waals surface area contributed by atoms with E-state index in [4.69, 9.17) is 0 Å².